The first kappa shape index (κ1) is 23.9. The van der Waals surface area contributed by atoms with E-state index in [1.54, 1.807) is 32.6 Å². The van der Waals surface area contributed by atoms with Crippen molar-refractivity contribution in [2.45, 2.75) is 32.2 Å². The van der Waals surface area contributed by atoms with E-state index in [4.69, 9.17) is 9.47 Å². The number of benzene rings is 1. The van der Waals surface area contributed by atoms with Gasteiger partial charge >= 0.3 is 0 Å². The first-order chi connectivity index (χ1) is 18.6. The van der Waals surface area contributed by atoms with Crippen molar-refractivity contribution in [1.82, 2.24) is 44.9 Å². The van der Waals surface area contributed by atoms with Gasteiger partial charge in [-0.2, -0.15) is 10.2 Å². The molecule has 0 spiro atoms. The number of ether oxygens (including phenoxy) is 2. The Morgan fingerprint density at radius 1 is 1.03 bits per heavy atom. The first-order valence-corrected chi connectivity index (χ1v) is 12.5. The number of hydrogen-bond donors (Lipinski definition) is 1. The minimum atomic E-state index is -0.194. The third kappa shape index (κ3) is 5.31. The first-order valence-electron chi connectivity index (χ1n) is 12.5. The Morgan fingerprint density at radius 2 is 1.92 bits per heavy atom. The Hall–Kier alpha value is -4.42. The van der Waals surface area contributed by atoms with Gasteiger partial charge in [0.25, 0.3) is 0 Å². The Labute approximate surface area is 217 Å². The molecule has 12 nitrogen and oxygen atoms in total. The van der Waals surface area contributed by atoms with Crippen molar-refractivity contribution < 1.29 is 9.47 Å². The molecule has 0 aliphatic carbocycles. The molecule has 1 aromatic carbocycles. The monoisotopic (exact) mass is 513 g/mol. The highest BCUT2D eigenvalue weighted by Gasteiger charge is 2.14. The predicted octanol–water partition coefficient (Wildman–Crippen LogP) is 1.94. The van der Waals surface area contributed by atoms with Gasteiger partial charge in [0.05, 0.1) is 48.7 Å². The molecule has 194 valence electrons. The van der Waals surface area contributed by atoms with Gasteiger partial charge in [0.15, 0.2) is 0 Å². The molecule has 6 rings (SSSR count). The summed E-state index contributed by atoms with van der Waals surface area (Å²) in [5.74, 6) is 0.601. The van der Waals surface area contributed by atoms with Gasteiger partial charge in [0, 0.05) is 24.7 Å². The van der Waals surface area contributed by atoms with Gasteiger partial charge in [-0.3, -0.25) is 14.5 Å². The summed E-state index contributed by atoms with van der Waals surface area (Å²) in [4.78, 5) is 16.9. The van der Waals surface area contributed by atoms with E-state index in [-0.39, 0.29) is 18.1 Å². The van der Waals surface area contributed by atoms with Crippen LogP contribution in [0.2, 0.25) is 0 Å². The molecule has 12 heteroatoms. The second-order valence-electron chi connectivity index (χ2n) is 9.19. The number of pyridine rings is 1. The van der Waals surface area contributed by atoms with Crippen molar-refractivity contribution in [3.8, 4) is 17.1 Å². The fourth-order valence-corrected chi connectivity index (χ4v) is 4.34. The number of aryl methyl sites for hydroxylation is 1. The molecule has 38 heavy (non-hydrogen) atoms. The number of rotatable bonds is 8. The number of nitrogens with zero attached hydrogens (tertiary/aromatic N) is 8. The highest BCUT2D eigenvalue weighted by Crippen LogP contribution is 2.22. The van der Waals surface area contributed by atoms with Gasteiger partial charge < -0.3 is 14.8 Å². The van der Waals surface area contributed by atoms with Crippen molar-refractivity contribution in [2.75, 3.05) is 13.1 Å². The van der Waals surface area contributed by atoms with Crippen molar-refractivity contribution in [1.29, 1.82) is 0 Å². The molecule has 5 heterocycles. The van der Waals surface area contributed by atoms with E-state index in [9.17, 15) is 4.79 Å². The zero-order valence-electron chi connectivity index (χ0n) is 20.9. The maximum absolute atomic E-state index is 12.4. The minimum Gasteiger partial charge on any atom is -0.487 e. The average molecular weight is 514 g/mol. The Morgan fingerprint density at radius 3 is 2.76 bits per heavy atom. The summed E-state index contributed by atoms with van der Waals surface area (Å²) < 4.78 is 16.9. The summed E-state index contributed by atoms with van der Waals surface area (Å²) in [6.07, 6.45) is 11.0. The molecule has 0 atom stereocenters. The number of piperidine rings is 1. The van der Waals surface area contributed by atoms with Gasteiger partial charge in [-0.15, -0.1) is 5.10 Å². The van der Waals surface area contributed by atoms with Crippen LogP contribution in [0.3, 0.4) is 0 Å². The van der Waals surface area contributed by atoms with Crippen LogP contribution in [0.25, 0.3) is 22.3 Å². The minimum absolute atomic E-state index is 0.0298. The molecule has 0 saturated carbocycles. The Balaban J connectivity index is 1.15. The molecule has 0 unspecified atom stereocenters. The smallest absolute Gasteiger partial charge is 0.206 e. The molecule has 1 aliphatic heterocycles. The lowest BCUT2D eigenvalue weighted by atomic mass is 10.1. The molecule has 5 aromatic rings. The van der Waals surface area contributed by atoms with Crippen LogP contribution in [0.15, 0.2) is 66.1 Å². The number of hydrogen-bond acceptors (Lipinski definition) is 9. The van der Waals surface area contributed by atoms with E-state index >= 15 is 0 Å². The van der Waals surface area contributed by atoms with Crippen LogP contribution >= 0.6 is 0 Å². The van der Waals surface area contributed by atoms with Gasteiger partial charge in [-0.1, -0.05) is 5.21 Å². The standard InChI is InChI=1S/C26H27N9O3/c1-33-15-21(13-29-33)34-9-6-26(36)25(31-34)17-38-23-2-3-24-18(11-23)10-20(12-28-24)35-14-19(30-32-35)16-37-22-4-7-27-8-5-22/h2-3,6,9-15,22,27H,4-5,7-8,16-17H2,1H3. The van der Waals surface area contributed by atoms with E-state index in [1.165, 1.54) is 6.07 Å². The third-order valence-corrected chi connectivity index (χ3v) is 6.41. The van der Waals surface area contributed by atoms with Crippen LogP contribution < -0.4 is 15.5 Å². The SMILES string of the molecule is Cn1cc(-n2ccc(=O)c(COc3ccc4ncc(-n5cc(COC6CCNCC6)nn5)cc4c3)n2)cn1. The van der Waals surface area contributed by atoms with Gasteiger partial charge in [0.1, 0.15) is 29.4 Å². The lowest BCUT2D eigenvalue weighted by molar-refractivity contribution is 0.0195. The zero-order chi connectivity index (χ0) is 25.9. The van der Waals surface area contributed by atoms with Crippen LogP contribution in [0.4, 0.5) is 0 Å². The van der Waals surface area contributed by atoms with Crippen LogP contribution in [0.1, 0.15) is 24.2 Å². The summed E-state index contributed by atoms with van der Waals surface area (Å²) in [6.45, 7) is 2.43. The number of fused-ring (bicyclic) bond motifs is 1. The van der Waals surface area contributed by atoms with Crippen molar-refractivity contribution in [3.05, 3.63) is 82.9 Å². The summed E-state index contributed by atoms with van der Waals surface area (Å²) in [5, 5.41) is 21.3. The topological polar surface area (TPSA) is 127 Å². The Bertz CT molecular complexity index is 1620. The van der Waals surface area contributed by atoms with Gasteiger partial charge in [0.2, 0.25) is 5.43 Å². The molecular weight excluding hydrogens is 486 g/mol. The fraction of sp³-hybridized carbons (Fsp3) is 0.308. The quantitative estimate of drug-likeness (QED) is 0.331. The Kier molecular flexibility index (Phi) is 6.63. The lowest BCUT2D eigenvalue weighted by Gasteiger charge is -2.22. The van der Waals surface area contributed by atoms with Gasteiger partial charge in [-0.25, -0.2) is 9.36 Å². The second-order valence-corrected chi connectivity index (χ2v) is 9.19. The van der Waals surface area contributed by atoms with Crippen molar-refractivity contribution in [2.24, 2.45) is 7.05 Å². The maximum atomic E-state index is 12.4. The molecule has 1 saturated heterocycles. The molecule has 4 aromatic heterocycles. The third-order valence-electron chi connectivity index (χ3n) is 6.41. The average Bonchev–Trinajstić information content (AvgIpc) is 3.61. The summed E-state index contributed by atoms with van der Waals surface area (Å²) in [5.41, 5.74) is 3.22. The van der Waals surface area contributed by atoms with E-state index in [0.29, 0.717) is 18.1 Å². The van der Waals surface area contributed by atoms with Crippen LogP contribution in [-0.4, -0.2) is 58.7 Å². The van der Waals surface area contributed by atoms with E-state index in [0.717, 1.165) is 53.9 Å². The molecule has 1 N–H and O–H groups in total. The molecule has 1 aliphatic rings. The highest BCUT2D eigenvalue weighted by molar-refractivity contribution is 5.81. The number of aromatic nitrogens is 8. The van der Waals surface area contributed by atoms with E-state index in [1.807, 2.05) is 43.7 Å². The van der Waals surface area contributed by atoms with Crippen LogP contribution in [-0.2, 0) is 25.0 Å². The van der Waals surface area contributed by atoms with Crippen molar-refractivity contribution >= 4 is 10.9 Å². The van der Waals surface area contributed by atoms with Crippen LogP contribution in [0.5, 0.6) is 5.75 Å². The molecular formula is C26H27N9O3. The summed E-state index contributed by atoms with van der Waals surface area (Å²) in [7, 11) is 1.82. The molecule has 1 fully saturated rings. The molecule has 0 radical (unpaired) electrons. The second kappa shape index (κ2) is 10.5. The lowest BCUT2D eigenvalue weighted by Crippen LogP contribution is -2.32. The fourth-order valence-electron chi connectivity index (χ4n) is 4.34. The van der Waals surface area contributed by atoms with E-state index in [2.05, 4.69) is 30.8 Å². The largest absolute Gasteiger partial charge is 0.487 e. The highest BCUT2D eigenvalue weighted by atomic mass is 16.5. The zero-order valence-corrected chi connectivity index (χ0v) is 20.9. The molecule has 0 amide bonds. The normalized spacial score (nSPS) is 14.2. The van der Waals surface area contributed by atoms with Crippen molar-refractivity contribution in [3.63, 3.8) is 0 Å². The maximum Gasteiger partial charge on any atom is 0.206 e. The van der Waals surface area contributed by atoms with Crippen LogP contribution in [0, 0.1) is 0 Å². The summed E-state index contributed by atoms with van der Waals surface area (Å²) in [6, 6.07) is 9.02. The molecule has 0 bridgehead atoms. The van der Waals surface area contributed by atoms with Gasteiger partial charge in [-0.05, 0) is 50.2 Å². The summed E-state index contributed by atoms with van der Waals surface area (Å²) >= 11 is 0. The van der Waals surface area contributed by atoms with E-state index < -0.39 is 0 Å². The number of nitrogens with one attached hydrogen (secondary N) is 1. The predicted molar refractivity (Wildman–Crippen MR) is 138 cm³/mol.